The summed E-state index contributed by atoms with van der Waals surface area (Å²) in [6, 6.07) is 3.18. The summed E-state index contributed by atoms with van der Waals surface area (Å²) in [4.78, 5) is 2.06. The third-order valence-corrected chi connectivity index (χ3v) is 3.26. The number of hydrogen-bond acceptors (Lipinski definition) is 2. The zero-order chi connectivity index (χ0) is 8.55. The maximum absolute atomic E-state index is 9.70. The maximum Gasteiger partial charge on any atom is 0.0589 e. The molecule has 3 atom stereocenters. The van der Waals surface area contributed by atoms with Gasteiger partial charge in [-0.2, -0.15) is 0 Å². The Hall–Kier alpha value is -0.680. The first kappa shape index (κ1) is 7.94. The van der Waals surface area contributed by atoms with E-state index in [1.807, 2.05) is 0 Å². The predicted octanol–water partition coefficient (Wildman–Crippen LogP) is 0.812. The minimum absolute atomic E-state index is 0.0953. The first-order valence-corrected chi connectivity index (χ1v) is 4.74. The summed E-state index contributed by atoms with van der Waals surface area (Å²) in [7, 11) is 0. The van der Waals surface area contributed by atoms with Crippen molar-refractivity contribution in [3.8, 4) is 12.5 Å². The standard InChI is InChI=1S/C10H15NO/c1-2-11-7-6-8-9(11)4-3-5-10(8)12/h1,8-10,12H,3-7H2/t8-,9?,10+/m1/s1. The molecule has 0 aromatic rings. The van der Waals surface area contributed by atoms with E-state index in [4.69, 9.17) is 6.42 Å². The SMILES string of the molecule is C#CN1CC[C@@H]2C1CCC[C@@H]2O. The monoisotopic (exact) mass is 165 g/mol. The minimum atomic E-state index is -0.0953. The molecule has 1 unspecified atom stereocenters. The highest BCUT2D eigenvalue weighted by atomic mass is 16.3. The molecule has 1 heterocycles. The molecule has 1 aliphatic heterocycles. The molecule has 2 aliphatic rings. The van der Waals surface area contributed by atoms with Crippen molar-refractivity contribution in [2.24, 2.45) is 5.92 Å². The Bertz CT molecular complexity index is 208. The predicted molar refractivity (Wildman–Crippen MR) is 47.3 cm³/mol. The molecule has 0 aromatic heterocycles. The summed E-state index contributed by atoms with van der Waals surface area (Å²) in [5.74, 6) is 0.454. The molecule has 1 aliphatic carbocycles. The van der Waals surface area contributed by atoms with E-state index in [1.165, 1.54) is 6.42 Å². The third kappa shape index (κ3) is 1.09. The molecule has 0 spiro atoms. The Labute approximate surface area is 73.6 Å². The van der Waals surface area contributed by atoms with Gasteiger partial charge in [0.15, 0.2) is 0 Å². The van der Waals surface area contributed by atoms with E-state index in [0.29, 0.717) is 12.0 Å². The first-order valence-electron chi connectivity index (χ1n) is 4.74. The van der Waals surface area contributed by atoms with Gasteiger partial charge in [0.05, 0.1) is 6.10 Å². The lowest BCUT2D eigenvalue weighted by atomic mass is 9.83. The topological polar surface area (TPSA) is 23.5 Å². The highest BCUT2D eigenvalue weighted by Gasteiger charge is 2.39. The van der Waals surface area contributed by atoms with Crippen LogP contribution in [0.2, 0.25) is 0 Å². The molecule has 0 radical (unpaired) electrons. The van der Waals surface area contributed by atoms with Crippen LogP contribution in [0, 0.1) is 18.4 Å². The average Bonchev–Trinajstić information content (AvgIpc) is 2.49. The summed E-state index contributed by atoms with van der Waals surface area (Å²) in [6.07, 6.45) is 9.63. The molecule has 2 nitrogen and oxygen atoms in total. The van der Waals surface area contributed by atoms with Gasteiger partial charge in [-0.25, -0.2) is 0 Å². The normalized spacial score (nSPS) is 40.7. The van der Waals surface area contributed by atoms with Crippen molar-refractivity contribution in [1.29, 1.82) is 0 Å². The average molecular weight is 165 g/mol. The van der Waals surface area contributed by atoms with Gasteiger partial charge in [-0.1, -0.05) is 6.42 Å². The quantitative estimate of drug-likeness (QED) is 0.537. The van der Waals surface area contributed by atoms with Crippen LogP contribution < -0.4 is 0 Å². The highest BCUT2D eigenvalue weighted by Crippen LogP contribution is 2.35. The van der Waals surface area contributed by atoms with Crippen LogP contribution in [0.1, 0.15) is 25.7 Å². The molecule has 0 amide bonds. The zero-order valence-electron chi connectivity index (χ0n) is 7.24. The third-order valence-electron chi connectivity index (χ3n) is 3.26. The zero-order valence-corrected chi connectivity index (χ0v) is 7.24. The van der Waals surface area contributed by atoms with Crippen LogP contribution in [0.15, 0.2) is 0 Å². The van der Waals surface area contributed by atoms with E-state index in [0.717, 1.165) is 25.8 Å². The van der Waals surface area contributed by atoms with Crippen molar-refractivity contribution in [1.82, 2.24) is 4.90 Å². The fraction of sp³-hybridized carbons (Fsp3) is 0.800. The summed E-state index contributed by atoms with van der Waals surface area (Å²) in [5.41, 5.74) is 0. The van der Waals surface area contributed by atoms with Crippen LogP contribution in [0.25, 0.3) is 0 Å². The van der Waals surface area contributed by atoms with E-state index < -0.39 is 0 Å². The van der Waals surface area contributed by atoms with Gasteiger partial charge in [0.2, 0.25) is 0 Å². The highest BCUT2D eigenvalue weighted by molar-refractivity contribution is 5.01. The van der Waals surface area contributed by atoms with Crippen molar-refractivity contribution >= 4 is 0 Å². The Morgan fingerprint density at radius 3 is 2.92 bits per heavy atom. The van der Waals surface area contributed by atoms with Crippen molar-refractivity contribution in [2.75, 3.05) is 6.54 Å². The van der Waals surface area contributed by atoms with Gasteiger partial charge in [0, 0.05) is 24.5 Å². The fourth-order valence-corrected chi connectivity index (χ4v) is 2.61. The summed E-state index contributed by atoms with van der Waals surface area (Å²) in [5, 5.41) is 9.70. The van der Waals surface area contributed by atoms with Gasteiger partial charge >= 0.3 is 0 Å². The van der Waals surface area contributed by atoms with Crippen LogP contribution >= 0.6 is 0 Å². The van der Waals surface area contributed by atoms with Crippen molar-refractivity contribution in [3.63, 3.8) is 0 Å². The minimum Gasteiger partial charge on any atom is -0.393 e. The lowest BCUT2D eigenvalue weighted by Gasteiger charge is -2.32. The van der Waals surface area contributed by atoms with Gasteiger partial charge in [-0.05, 0) is 25.7 Å². The van der Waals surface area contributed by atoms with E-state index in [9.17, 15) is 5.11 Å². The van der Waals surface area contributed by atoms with Crippen molar-refractivity contribution < 1.29 is 5.11 Å². The molecule has 1 saturated heterocycles. The second kappa shape index (κ2) is 2.99. The first-order chi connectivity index (χ1) is 5.83. The molecule has 2 fully saturated rings. The summed E-state index contributed by atoms with van der Waals surface area (Å²) >= 11 is 0. The second-order valence-electron chi connectivity index (χ2n) is 3.84. The van der Waals surface area contributed by atoms with Gasteiger partial charge in [0.25, 0.3) is 0 Å². The van der Waals surface area contributed by atoms with Crippen LogP contribution in [-0.2, 0) is 0 Å². The maximum atomic E-state index is 9.70. The van der Waals surface area contributed by atoms with Crippen molar-refractivity contribution in [2.45, 2.75) is 37.8 Å². The Kier molecular flexibility index (Phi) is 1.98. The Morgan fingerprint density at radius 1 is 1.33 bits per heavy atom. The van der Waals surface area contributed by atoms with E-state index in [1.54, 1.807) is 0 Å². The van der Waals surface area contributed by atoms with Gasteiger partial charge in [-0.15, -0.1) is 0 Å². The van der Waals surface area contributed by atoms with Gasteiger partial charge < -0.3 is 10.0 Å². The molecule has 0 bridgehead atoms. The number of aliphatic hydroxyl groups excluding tert-OH is 1. The Balaban J connectivity index is 2.10. The van der Waals surface area contributed by atoms with Crippen LogP contribution in [0.5, 0.6) is 0 Å². The van der Waals surface area contributed by atoms with Gasteiger partial charge in [-0.3, -0.25) is 0 Å². The molecule has 1 N–H and O–H groups in total. The number of hydrogen-bond donors (Lipinski definition) is 1. The number of aliphatic hydroxyl groups is 1. The summed E-state index contributed by atoms with van der Waals surface area (Å²) < 4.78 is 0. The molecule has 1 saturated carbocycles. The van der Waals surface area contributed by atoms with E-state index in [2.05, 4.69) is 10.9 Å². The van der Waals surface area contributed by atoms with Gasteiger partial charge in [0.1, 0.15) is 0 Å². The number of terminal acetylenes is 1. The van der Waals surface area contributed by atoms with Crippen LogP contribution in [0.3, 0.4) is 0 Å². The number of rotatable bonds is 0. The molecular formula is C10H15NO. The molecule has 2 rings (SSSR count). The van der Waals surface area contributed by atoms with Crippen LogP contribution in [0.4, 0.5) is 0 Å². The number of fused-ring (bicyclic) bond motifs is 1. The van der Waals surface area contributed by atoms with Crippen LogP contribution in [-0.4, -0.2) is 28.7 Å². The fourth-order valence-electron chi connectivity index (χ4n) is 2.61. The molecule has 2 heteroatoms. The molecule has 66 valence electrons. The largest absolute Gasteiger partial charge is 0.393 e. The Morgan fingerprint density at radius 2 is 2.17 bits per heavy atom. The number of likely N-dealkylation sites (tertiary alicyclic amines) is 1. The smallest absolute Gasteiger partial charge is 0.0589 e. The van der Waals surface area contributed by atoms with Crippen molar-refractivity contribution in [3.05, 3.63) is 0 Å². The second-order valence-corrected chi connectivity index (χ2v) is 3.84. The number of nitrogens with zero attached hydrogens (tertiary/aromatic N) is 1. The van der Waals surface area contributed by atoms with E-state index >= 15 is 0 Å². The lowest BCUT2D eigenvalue weighted by Crippen LogP contribution is -2.38. The van der Waals surface area contributed by atoms with E-state index in [-0.39, 0.29) is 6.10 Å². The lowest BCUT2D eigenvalue weighted by molar-refractivity contribution is 0.0520. The molecular weight excluding hydrogens is 150 g/mol. The molecule has 12 heavy (non-hydrogen) atoms. The summed E-state index contributed by atoms with van der Waals surface area (Å²) in [6.45, 7) is 0.975. The molecule has 0 aromatic carbocycles.